The summed E-state index contributed by atoms with van der Waals surface area (Å²) in [6, 6.07) is 0. The Balaban J connectivity index is 1.60. The summed E-state index contributed by atoms with van der Waals surface area (Å²) in [7, 11) is -5.84. The van der Waals surface area contributed by atoms with Gasteiger partial charge in [-0.3, -0.25) is 23.7 Å². The smallest absolute Gasteiger partial charge is 0.405 e. The number of ether oxygens (including phenoxy) is 6. The lowest BCUT2D eigenvalue weighted by Crippen LogP contribution is -2.48. The maximum Gasteiger partial charge on any atom is 0.405 e. The van der Waals surface area contributed by atoms with Gasteiger partial charge >= 0.3 is 39.2 Å². The maximum absolute atomic E-state index is 13.5. The summed E-state index contributed by atoms with van der Waals surface area (Å²) in [5, 5.41) is -4.76. The van der Waals surface area contributed by atoms with E-state index in [1.54, 1.807) is 13.8 Å². The molecular formula is C22H30F2O13S. The fourth-order valence-corrected chi connectivity index (χ4v) is 4.95. The van der Waals surface area contributed by atoms with Crippen molar-refractivity contribution < 1.29 is 69.4 Å². The van der Waals surface area contributed by atoms with Gasteiger partial charge in [0.05, 0.1) is 19.4 Å². The largest absolute Gasteiger partial charge is 0.455 e. The van der Waals surface area contributed by atoms with E-state index >= 15 is 0 Å². The molecule has 0 amide bonds. The van der Waals surface area contributed by atoms with Crippen LogP contribution in [0.1, 0.15) is 47.0 Å². The van der Waals surface area contributed by atoms with Crippen LogP contribution < -0.4 is 0 Å². The normalized spacial score (nSPS) is 29.6. The number of fused-ring (bicyclic) bond motifs is 1. The quantitative estimate of drug-likeness (QED) is 0.143. The Morgan fingerprint density at radius 1 is 1.05 bits per heavy atom. The zero-order chi connectivity index (χ0) is 28.6. The molecule has 0 radical (unpaired) electrons. The molecule has 3 aliphatic rings. The van der Waals surface area contributed by atoms with Crippen molar-refractivity contribution in [2.24, 2.45) is 17.8 Å². The van der Waals surface area contributed by atoms with Crippen molar-refractivity contribution >= 4 is 34.0 Å². The van der Waals surface area contributed by atoms with E-state index in [9.17, 15) is 36.4 Å². The van der Waals surface area contributed by atoms with E-state index in [-0.39, 0.29) is 5.92 Å². The highest BCUT2D eigenvalue weighted by molar-refractivity contribution is 7.86. The van der Waals surface area contributed by atoms with Gasteiger partial charge in [-0.15, -0.1) is 0 Å². The molecule has 8 atom stereocenters. The summed E-state index contributed by atoms with van der Waals surface area (Å²) in [4.78, 5) is 49.7. The summed E-state index contributed by atoms with van der Waals surface area (Å²) in [6.07, 6.45) is -8.27. The fourth-order valence-electron chi connectivity index (χ4n) is 4.48. The Hall–Kier alpha value is -2.43. The number of hydrogen-bond donors (Lipinski definition) is 1. The Bertz CT molecular complexity index is 1050. The Morgan fingerprint density at radius 2 is 1.68 bits per heavy atom. The monoisotopic (exact) mass is 572 g/mol. The van der Waals surface area contributed by atoms with Crippen LogP contribution in [-0.2, 0) is 57.7 Å². The van der Waals surface area contributed by atoms with Crippen molar-refractivity contribution in [3.8, 4) is 0 Å². The van der Waals surface area contributed by atoms with Crippen LogP contribution in [0.2, 0.25) is 0 Å². The van der Waals surface area contributed by atoms with E-state index in [1.165, 1.54) is 0 Å². The zero-order valence-corrected chi connectivity index (χ0v) is 21.9. The minimum absolute atomic E-state index is 0.193. The second-order valence-electron chi connectivity index (χ2n) is 9.56. The van der Waals surface area contributed by atoms with Crippen LogP contribution in [0.3, 0.4) is 0 Å². The maximum atomic E-state index is 13.5. The molecule has 216 valence electrons. The van der Waals surface area contributed by atoms with Gasteiger partial charge in [0.25, 0.3) is 0 Å². The van der Waals surface area contributed by atoms with Crippen LogP contribution >= 0.6 is 0 Å². The SMILES string of the molecule is CCCOC(OC(=O)C1C2OC3C(OC(=O)C31)C2OC(=O)CCC(=O)OC(C)C(F)(F)S(=O)(=O)O)C(C)C. The second-order valence-corrected chi connectivity index (χ2v) is 11.1. The molecule has 0 spiro atoms. The first-order valence-electron chi connectivity index (χ1n) is 12.0. The van der Waals surface area contributed by atoms with Gasteiger partial charge in [-0.2, -0.15) is 17.2 Å². The van der Waals surface area contributed by atoms with E-state index in [2.05, 4.69) is 4.74 Å². The molecule has 2 bridgehead atoms. The Kier molecular flexibility index (Phi) is 9.00. The molecule has 3 saturated heterocycles. The Morgan fingerprint density at radius 3 is 2.26 bits per heavy atom. The fraction of sp³-hybridized carbons (Fsp3) is 0.818. The van der Waals surface area contributed by atoms with Crippen LogP contribution in [0.15, 0.2) is 0 Å². The minimum atomic E-state index is -5.84. The van der Waals surface area contributed by atoms with E-state index in [0.717, 1.165) is 0 Å². The molecule has 3 aliphatic heterocycles. The molecule has 3 fully saturated rings. The number of hydrogen-bond acceptors (Lipinski definition) is 12. The van der Waals surface area contributed by atoms with E-state index in [4.69, 9.17) is 28.2 Å². The van der Waals surface area contributed by atoms with Gasteiger partial charge in [0.15, 0.2) is 18.3 Å². The van der Waals surface area contributed by atoms with Crippen molar-refractivity contribution in [3.05, 3.63) is 0 Å². The van der Waals surface area contributed by atoms with Crippen LogP contribution in [0.5, 0.6) is 0 Å². The van der Waals surface area contributed by atoms with Crippen LogP contribution in [0.25, 0.3) is 0 Å². The van der Waals surface area contributed by atoms with E-state index in [1.807, 2.05) is 6.92 Å². The first kappa shape index (κ1) is 30.1. The van der Waals surface area contributed by atoms with Gasteiger partial charge < -0.3 is 28.4 Å². The van der Waals surface area contributed by atoms with Gasteiger partial charge in [-0.1, -0.05) is 20.8 Å². The van der Waals surface area contributed by atoms with Crippen molar-refractivity contribution in [2.75, 3.05) is 6.61 Å². The topological polar surface area (TPSA) is 178 Å². The molecule has 0 saturated carbocycles. The van der Waals surface area contributed by atoms with Crippen molar-refractivity contribution in [1.82, 2.24) is 0 Å². The number of esters is 4. The number of halogens is 2. The molecule has 1 N–H and O–H groups in total. The summed E-state index contributed by atoms with van der Waals surface area (Å²) in [5.74, 6) is -6.15. The van der Waals surface area contributed by atoms with Gasteiger partial charge in [-0.25, -0.2) is 0 Å². The molecule has 0 aliphatic carbocycles. The van der Waals surface area contributed by atoms with Gasteiger partial charge in [0.2, 0.25) is 6.29 Å². The summed E-state index contributed by atoms with van der Waals surface area (Å²) in [5.41, 5.74) is 0. The van der Waals surface area contributed by atoms with Crippen molar-refractivity contribution in [2.45, 2.75) is 89.0 Å². The van der Waals surface area contributed by atoms with Crippen molar-refractivity contribution in [1.29, 1.82) is 0 Å². The van der Waals surface area contributed by atoms with Gasteiger partial charge in [0, 0.05) is 5.92 Å². The molecule has 16 heteroatoms. The summed E-state index contributed by atoms with van der Waals surface area (Å²) < 4.78 is 88.8. The molecular weight excluding hydrogens is 542 g/mol. The molecule has 3 heterocycles. The van der Waals surface area contributed by atoms with Crippen LogP contribution in [0.4, 0.5) is 8.78 Å². The molecule has 38 heavy (non-hydrogen) atoms. The second kappa shape index (κ2) is 11.4. The van der Waals surface area contributed by atoms with Gasteiger partial charge in [0.1, 0.15) is 24.0 Å². The van der Waals surface area contributed by atoms with Crippen LogP contribution in [-0.4, -0.2) is 85.5 Å². The summed E-state index contributed by atoms with van der Waals surface area (Å²) in [6.45, 7) is 6.34. The number of carbonyl (C=O) groups is 4. The number of carbonyl (C=O) groups excluding carboxylic acids is 4. The zero-order valence-electron chi connectivity index (χ0n) is 21.0. The molecule has 8 unspecified atom stereocenters. The molecule has 0 aromatic rings. The van der Waals surface area contributed by atoms with E-state index in [0.29, 0.717) is 20.0 Å². The van der Waals surface area contributed by atoms with E-state index < -0.39 is 101 Å². The van der Waals surface area contributed by atoms with Crippen LogP contribution in [0, 0.1) is 17.8 Å². The third-order valence-electron chi connectivity index (χ3n) is 6.37. The Labute approximate surface area is 217 Å². The first-order chi connectivity index (χ1) is 17.6. The molecule has 3 rings (SSSR count). The van der Waals surface area contributed by atoms with Crippen molar-refractivity contribution in [3.63, 3.8) is 0 Å². The first-order valence-corrected chi connectivity index (χ1v) is 13.5. The average molecular weight is 573 g/mol. The lowest BCUT2D eigenvalue weighted by atomic mass is 9.78. The highest BCUT2D eigenvalue weighted by Crippen LogP contribution is 2.51. The lowest BCUT2D eigenvalue weighted by molar-refractivity contribution is -0.197. The highest BCUT2D eigenvalue weighted by atomic mass is 32.2. The average Bonchev–Trinajstić information content (AvgIpc) is 3.43. The number of rotatable bonds is 13. The molecule has 0 aromatic heterocycles. The van der Waals surface area contributed by atoms with Gasteiger partial charge in [-0.05, 0) is 13.3 Å². The third-order valence-corrected chi connectivity index (χ3v) is 7.39. The highest BCUT2D eigenvalue weighted by Gasteiger charge is 2.72. The predicted octanol–water partition coefficient (Wildman–Crippen LogP) is 0.981. The predicted molar refractivity (Wildman–Crippen MR) is 118 cm³/mol. The molecule has 0 aromatic carbocycles. The molecule has 13 nitrogen and oxygen atoms in total. The number of alkyl halides is 2. The third kappa shape index (κ3) is 5.92. The minimum Gasteiger partial charge on any atom is -0.455 e. The standard InChI is InChI=1S/C22H30F2O13S/c1-5-8-32-21(9(2)3)37-20(28)14-13-16-18(36-19(13)27)17(15(14)35-16)34-12(26)7-6-11(25)33-10(4)22(23,24)38(29,30)31/h9-10,13-18,21H,5-8H2,1-4H3,(H,29,30,31). The lowest BCUT2D eigenvalue weighted by Gasteiger charge is -2.29. The summed E-state index contributed by atoms with van der Waals surface area (Å²) >= 11 is 0.